The summed E-state index contributed by atoms with van der Waals surface area (Å²) >= 11 is 0. The monoisotopic (exact) mass is 422 g/mol. The molecule has 3 heterocycles. The van der Waals surface area contributed by atoms with E-state index in [1.54, 1.807) is 6.07 Å². The van der Waals surface area contributed by atoms with Gasteiger partial charge in [-0.05, 0) is 57.1 Å². The summed E-state index contributed by atoms with van der Waals surface area (Å²) < 4.78 is 39.9. The van der Waals surface area contributed by atoms with Crippen LogP contribution >= 0.6 is 0 Å². The number of amides is 1. The van der Waals surface area contributed by atoms with Crippen molar-refractivity contribution < 1.29 is 18.0 Å². The zero-order valence-electron chi connectivity index (χ0n) is 16.7. The average molecular weight is 422 g/mol. The first kappa shape index (κ1) is 20.6. The van der Waals surface area contributed by atoms with Crippen LogP contribution in [0.15, 0.2) is 23.8 Å². The Labute approximate surface area is 172 Å². The number of alkyl halides is 3. The number of hydrogen-bond donors (Lipinski definition) is 1. The number of carbonyl (C=O) groups excluding carboxylic acids is 1. The second-order valence-corrected chi connectivity index (χ2v) is 7.89. The molecule has 1 N–H and O–H groups in total. The molecule has 1 aliphatic heterocycles. The number of anilines is 1. The van der Waals surface area contributed by atoms with Crippen LogP contribution in [0.25, 0.3) is 5.65 Å². The smallest absolute Gasteiger partial charge is 0.356 e. The molecule has 2 aromatic heterocycles. The maximum atomic E-state index is 13.1. The van der Waals surface area contributed by atoms with Gasteiger partial charge in [0.15, 0.2) is 5.65 Å². The Balaban J connectivity index is 1.31. The van der Waals surface area contributed by atoms with Gasteiger partial charge >= 0.3 is 6.18 Å². The molecule has 1 fully saturated rings. The van der Waals surface area contributed by atoms with E-state index in [-0.39, 0.29) is 17.5 Å². The minimum absolute atomic E-state index is 0.0495. The molecule has 162 valence electrons. The highest BCUT2D eigenvalue weighted by Crippen LogP contribution is 2.28. The quantitative estimate of drug-likeness (QED) is 0.748. The van der Waals surface area contributed by atoms with Gasteiger partial charge in [-0.15, -0.1) is 15.3 Å². The highest BCUT2D eigenvalue weighted by Gasteiger charge is 2.38. The largest absolute Gasteiger partial charge is 0.453 e. The fourth-order valence-electron chi connectivity index (χ4n) is 4.12. The van der Waals surface area contributed by atoms with E-state index in [2.05, 4.69) is 26.7 Å². The third kappa shape index (κ3) is 4.57. The summed E-state index contributed by atoms with van der Waals surface area (Å²) in [7, 11) is 0. The van der Waals surface area contributed by atoms with Crippen molar-refractivity contribution in [3.8, 4) is 0 Å². The molecular formula is C20H25F3N6O. The molecule has 0 unspecified atom stereocenters. The van der Waals surface area contributed by atoms with Crippen LogP contribution in [0.1, 0.15) is 50.8 Å². The van der Waals surface area contributed by atoms with Crippen LogP contribution < -0.4 is 10.2 Å². The lowest BCUT2D eigenvalue weighted by molar-refractivity contribution is -0.146. The van der Waals surface area contributed by atoms with Gasteiger partial charge in [-0.25, -0.2) is 0 Å². The number of aromatic nitrogens is 4. The zero-order chi connectivity index (χ0) is 21.1. The number of piperidine rings is 1. The number of hydrogen-bond acceptors (Lipinski definition) is 5. The van der Waals surface area contributed by atoms with Gasteiger partial charge in [0.2, 0.25) is 5.91 Å². The third-order valence-electron chi connectivity index (χ3n) is 5.82. The van der Waals surface area contributed by atoms with E-state index in [1.165, 1.54) is 24.5 Å². The van der Waals surface area contributed by atoms with E-state index in [0.717, 1.165) is 23.8 Å². The lowest BCUT2D eigenvalue weighted by Crippen LogP contribution is -2.41. The molecular weight excluding hydrogens is 397 g/mol. The molecule has 4 rings (SSSR count). The number of halogens is 3. The predicted octanol–water partition coefficient (Wildman–Crippen LogP) is 3.37. The fourth-order valence-corrected chi connectivity index (χ4v) is 4.12. The van der Waals surface area contributed by atoms with Crippen molar-refractivity contribution in [2.45, 2.75) is 51.1 Å². The van der Waals surface area contributed by atoms with Crippen molar-refractivity contribution in [2.75, 3.05) is 24.5 Å². The molecule has 2 aliphatic rings. The van der Waals surface area contributed by atoms with E-state index in [9.17, 15) is 18.0 Å². The van der Waals surface area contributed by atoms with Crippen LogP contribution in [0.4, 0.5) is 19.0 Å². The minimum atomic E-state index is -4.62. The molecule has 0 atom stereocenters. The van der Waals surface area contributed by atoms with Crippen molar-refractivity contribution in [1.29, 1.82) is 0 Å². The van der Waals surface area contributed by atoms with Gasteiger partial charge in [0, 0.05) is 25.6 Å². The van der Waals surface area contributed by atoms with Crippen LogP contribution in [-0.4, -0.2) is 45.4 Å². The number of nitrogens with one attached hydrogen (secondary N) is 1. The Kier molecular flexibility index (Phi) is 5.92. The van der Waals surface area contributed by atoms with E-state index in [4.69, 9.17) is 0 Å². The molecule has 1 saturated heterocycles. The van der Waals surface area contributed by atoms with Crippen LogP contribution in [0.3, 0.4) is 0 Å². The van der Waals surface area contributed by atoms with Gasteiger partial charge in [-0.1, -0.05) is 11.6 Å². The van der Waals surface area contributed by atoms with Gasteiger partial charge in [0.25, 0.3) is 5.82 Å². The van der Waals surface area contributed by atoms with Gasteiger partial charge in [0.05, 0.1) is 0 Å². The number of fused-ring (bicyclic) bond motifs is 1. The first-order valence-electron chi connectivity index (χ1n) is 10.4. The molecule has 0 radical (unpaired) electrons. The second-order valence-electron chi connectivity index (χ2n) is 7.89. The molecule has 7 nitrogen and oxygen atoms in total. The van der Waals surface area contributed by atoms with Gasteiger partial charge < -0.3 is 10.2 Å². The van der Waals surface area contributed by atoms with E-state index in [0.29, 0.717) is 38.3 Å². The molecule has 0 aromatic carbocycles. The maximum absolute atomic E-state index is 13.1. The topological polar surface area (TPSA) is 75.4 Å². The van der Waals surface area contributed by atoms with Crippen molar-refractivity contribution >= 4 is 17.4 Å². The van der Waals surface area contributed by atoms with E-state index in [1.807, 2.05) is 4.90 Å². The first-order valence-corrected chi connectivity index (χ1v) is 10.4. The minimum Gasteiger partial charge on any atom is -0.356 e. The van der Waals surface area contributed by atoms with Crippen LogP contribution in [-0.2, 0) is 11.0 Å². The highest BCUT2D eigenvalue weighted by atomic mass is 19.4. The summed E-state index contributed by atoms with van der Waals surface area (Å²) in [5.74, 6) is -0.726. The summed E-state index contributed by atoms with van der Waals surface area (Å²) in [4.78, 5) is 14.4. The molecule has 0 bridgehead atoms. The Hall–Kier alpha value is -2.65. The van der Waals surface area contributed by atoms with Gasteiger partial charge in [-0.2, -0.15) is 17.7 Å². The summed E-state index contributed by atoms with van der Waals surface area (Å²) in [6, 6.07) is 3.12. The van der Waals surface area contributed by atoms with Crippen molar-refractivity contribution in [2.24, 2.45) is 5.92 Å². The number of carbonyl (C=O) groups is 1. The number of allylic oxidation sites excluding steroid dienone is 1. The summed E-state index contributed by atoms with van der Waals surface area (Å²) in [6.45, 7) is 1.79. The van der Waals surface area contributed by atoms with Crippen molar-refractivity contribution in [1.82, 2.24) is 25.1 Å². The second kappa shape index (κ2) is 8.61. The summed E-state index contributed by atoms with van der Waals surface area (Å²) in [5.41, 5.74) is 1.48. The van der Waals surface area contributed by atoms with Gasteiger partial charge in [-0.3, -0.25) is 4.79 Å². The number of nitrogens with zero attached hydrogens (tertiary/aromatic N) is 5. The Morgan fingerprint density at radius 1 is 1.17 bits per heavy atom. The maximum Gasteiger partial charge on any atom is 0.453 e. The Bertz CT molecular complexity index is 930. The standard InChI is InChI=1S/C20H25F3N6O/c21-20(22,23)19-26-25-16-6-7-17(27-29(16)19)28-12-9-15(10-13-28)18(30)24-11-8-14-4-2-1-3-5-14/h4,6-7,15H,1-3,5,8-13H2,(H,24,30). The Morgan fingerprint density at radius 3 is 2.67 bits per heavy atom. The molecule has 0 spiro atoms. The number of rotatable bonds is 5. The lowest BCUT2D eigenvalue weighted by Gasteiger charge is -2.32. The van der Waals surface area contributed by atoms with Crippen LogP contribution in [0.5, 0.6) is 0 Å². The first-order chi connectivity index (χ1) is 14.4. The predicted molar refractivity (Wildman–Crippen MR) is 105 cm³/mol. The Morgan fingerprint density at radius 2 is 1.97 bits per heavy atom. The average Bonchev–Trinajstić information content (AvgIpc) is 3.18. The van der Waals surface area contributed by atoms with Crippen molar-refractivity contribution in [3.05, 3.63) is 29.6 Å². The molecule has 1 aliphatic carbocycles. The molecule has 2 aromatic rings. The van der Waals surface area contributed by atoms with Gasteiger partial charge in [0.1, 0.15) is 5.82 Å². The van der Waals surface area contributed by atoms with Crippen molar-refractivity contribution in [3.63, 3.8) is 0 Å². The molecule has 30 heavy (non-hydrogen) atoms. The summed E-state index contributed by atoms with van der Waals surface area (Å²) in [6.07, 6.45) is 4.62. The normalized spacial score (nSPS) is 18.5. The van der Waals surface area contributed by atoms with Crippen LogP contribution in [0.2, 0.25) is 0 Å². The highest BCUT2D eigenvalue weighted by molar-refractivity contribution is 5.79. The molecule has 0 saturated carbocycles. The van der Waals surface area contributed by atoms with E-state index < -0.39 is 12.0 Å². The molecule has 10 heteroatoms. The summed E-state index contributed by atoms with van der Waals surface area (Å²) in [5, 5.41) is 13.9. The zero-order valence-corrected chi connectivity index (χ0v) is 16.7. The van der Waals surface area contributed by atoms with E-state index >= 15 is 0 Å². The third-order valence-corrected chi connectivity index (χ3v) is 5.82. The lowest BCUT2D eigenvalue weighted by atomic mass is 9.95. The SMILES string of the molecule is O=C(NCCC1=CCCCC1)C1CCN(c2ccc3nnc(C(F)(F)F)n3n2)CC1. The fraction of sp³-hybridized carbons (Fsp3) is 0.600. The molecule has 1 amide bonds. The van der Waals surface area contributed by atoms with Crippen LogP contribution in [0, 0.1) is 5.92 Å².